The van der Waals surface area contributed by atoms with Crippen LogP contribution < -0.4 is 4.72 Å². The molecule has 0 bridgehead atoms. The average molecular weight is 362 g/mol. The van der Waals surface area contributed by atoms with Crippen LogP contribution in [0.1, 0.15) is 42.5 Å². The minimum Gasteiger partial charge on any atom is -0.478 e. The van der Waals surface area contributed by atoms with E-state index in [9.17, 15) is 13.2 Å². The number of aromatic carboxylic acids is 1. The Morgan fingerprint density at radius 3 is 2.50 bits per heavy atom. The molecule has 2 rings (SSSR count). The molecule has 1 aromatic carbocycles. The number of sulfonamides is 1. The van der Waals surface area contributed by atoms with Gasteiger partial charge in [0.05, 0.1) is 16.5 Å². The minimum atomic E-state index is -3.47. The van der Waals surface area contributed by atoms with E-state index < -0.39 is 21.2 Å². The van der Waals surface area contributed by atoms with Gasteiger partial charge in [0.25, 0.3) is 0 Å². The second-order valence-corrected chi connectivity index (χ2v) is 7.72. The van der Waals surface area contributed by atoms with Crippen molar-refractivity contribution in [2.75, 3.05) is 4.72 Å². The summed E-state index contributed by atoms with van der Waals surface area (Å²) in [5, 5.41) is 8.56. The number of carboxylic acids is 1. The van der Waals surface area contributed by atoms with Crippen LogP contribution >= 0.6 is 15.9 Å². The monoisotopic (exact) mass is 361 g/mol. The molecule has 0 radical (unpaired) electrons. The Kier molecular flexibility index (Phi) is 4.70. The highest BCUT2D eigenvalue weighted by molar-refractivity contribution is 9.10. The highest BCUT2D eigenvalue weighted by atomic mass is 79.9. The lowest BCUT2D eigenvalue weighted by Crippen LogP contribution is -2.29. The first-order valence-electron chi connectivity index (χ1n) is 6.44. The van der Waals surface area contributed by atoms with Gasteiger partial charge in [0.1, 0.15) is 0 Å². The second-order valence-electron chi connectivity index (χ2n) is 4.91. The summed E-state index contributed by atoms with van der Waals surface area (Å²) in [6.07, 6.45) is 4.23. The van der Waals surface area contributed by atoms with Crippen molar-refractivity contribution < 1.29 is 18.3 Å². The Morgan fingerprint density at radius 1 is 1.25 bits per heavy atom. The molecule has 1 fully saturated rings. The van der Waals surface area contributed by atoms with Crippen LogP contribution in [0.5, 0.6) is 0 Å². The number of rotatable bonds is 4. The van der Waals surface area contributed by atoms with Gasteiger partial charge >= 0.3 is 5.97 Å². The quantitative estimate of drug-likeness (QED) is 0.862. The summed E-state index contributed by atoms with van der Waals surface area (Å²) in [4.78, 5) is 10.9. The molecule has 0 atom stereocenters. The average Bonchev–Trinajstić information content (AvgIpc) is 2.42. The molecule has 0 amide bonds. The van der Waals surface area contributed by atoms with Crippen molar-refractivity contribution >= 4 is 37.6 Å². The number of carboxylic acid groups (broad SMARTS) is 1. The highest BCUT2D eigenvalue weighted by Crippen LogP contribution is 2.29. The number of hydrogen-bond acceptors (Lipinski definition) is 3. The number of hydrogen-bond donors (Lipinski definition) is 2. The van der Waals surface area contributed by atoms with E-state index in [1.165, 1.54) is 18.2 Å². The third-order valence-electron chi connectivity index (χ3n) is 3.46. The summed E-state index contributed by atoms with van der Waals surface area (Å²) >= 11 is 3.24. The van der Waals surface area contributed by atoms with Crippen molar-refractivity contribution in [1.29, 1.82) is 0 Å². The van der Waals surface area contributed by atoms with Gasteiger partial charge in [0, 0.05) is 4.47 Å². The zero-order valence-electron chi connectivity index (χ0n) is 10.8. The van der Waals surface area contributed by atoms with E-state index in [0.717, 1.165) is 19.3 Å². The molecule has 1 aliphatic rings. The molecule has 0 saturated heterocycles. The Morgan fingerprint density at radius 2 is 1.90 bits per heavy atom. The minimum absolute atomic E-state index is 0.0505. The third kappa shape index (κ3) is 3.52. The fourth-order valence-electron chi connectivity index (χ4n) is 2.35. The van der Waals surface area contributed by atoms with Crippen LogP contribution in [0.3, 0.4) is 0 Å². The maximum Gasteiger partial charge on any atom is 0.335 e. The van der Waals surface area contributed by atoms with Gasteiger partial charge < -0.3 is 5.11 Å². The van der Waals surface area contributed by atoms with Gasteiger partial charge in [0.2, 0.25) is 10.0 Å². The molecular weight excluding hydrogens is 346 g/mol. The molecule has 7 heteroatoms. The van der Waals surface area contributed by atoms with E-state index in [2.05, 4.69) is 20.7 Å². The Labute approximate surface area is 126 Å². The van der Waals surface area contributed by atoms with Gasteiger partial charge in [-0.25, -0.2) is 13.2 Å². The van der Waals surface area contributed by atoms with Gasteiger partial charge in [-0.05, 0) is 47.0 Å². The van der Waals surface area contributed by atoms with Crippen molar-refractivity contribution in [1.82, 2.24) is 0 Å². The molecule has 110 valence electrons. The van der Waals surface area contributed by atoms with E-state index >= 15 is 0 Å². The lowest BCUT2D eigenvalue weighted by Gasteiger charge is -2.22. The van der Waals surface area contributed by atoms with Crippen molar-refractivity contribution in [2.45, 2.75) is 37.4 Å². The summed E-state index contributed by atoms with van der Waals surface area (Å²) in [5.41, 5.74) is 0.324. The SMILES string of the molecule is O=C(O)c1ccc(Br)c(NS(=O)(=O)C2CCCCC2)c1. The van der Waals surface area contributed by atoms with E-state index in [4.69, 9.17) is 5.11 Å². The normalized spacial score (nSPS) is 16.9. The topological polar surface area (TPSA) is 83.5 Å². The van der Waals surface area contributed by atoms with Crippen LogP contribution in [0.4, 0.5) is 5.69 Å². The molecule has 2 N–H and O–H groups in total. The Balaban J connectivity index is 2.24. The van der Waals surface area contributed by atoms with Gasteiger partial charge in [0.15, 0.2) is 0 Å². The molecule has 5 nitrogen and oxygen atoms in total. The number of benzene rings is 1. The largest absolute Gasteiger partial charge is 0.478 e. The number of nitrogens with one attached hydrogen (secondary N) is 1. The second kappa shape index (κ2) is 6.13. The van der Waals surface area contributed by atoms with Crippen molar-refractivity contribution in [3.05, 3.63) is 28.2 Å². The summed E-state index contributed by atoms with van der Waals surface area (Å²) in [6.45, 7) is 0. The molecule has 1 saturated carbocycles. The van der Waals surface area contributed by atoms with Crippen LogP contribution in [0, 0.1) is 0 Å². The van der Waals surface area contributed by atoms with Gasteiger partial charge in [-0.2, -0.15) is 0 Å². The number of carbonyl (C=O) groups is 1. The Bertz CT molecular complexity index is 609. The van der Waals surface area contributed by atoms with E-state index in [0.29, 0.717) is 17.3 Å². The fourth-order valence-corrected chi connectivity index (χ4v) is 4.42. The molecule has 0 unspecified atom stereocenters. The molecule has 0 aromatic heterocycles. The zero-order valence-corrected chi connectivity index (χ0v) is 13.2. The predicted octanol–water partition coefficient (Wildman–Crippen LogP) is 3.22. The van der Waals surface area contributed by atoms with Crippen LogP contribution in [0.2, 0.25) is 0 Å². The molecule has 0 aliphatic heterocycles. The van der Waals surface area contributed by atoms with Crippen LogP contribution in [-0.4, -0.2) is 24.7 Å². The van der Waals surface area contributed by atoms with Crippen molar-refractivity contribution in [3.63, 3.8) is 0 Å². The highest BCUT2D eigenvalue weighted by Gasteiger charge is 2.27. The first kappa shape index (κ1) is 15.3. The third-order valence-corrected chi connectivity index (χ3v) is 6.00. The summed E-state index contributed by atoms with van der Waals surface area (Å²) in [5.74, 6) is -1.09. The lowest BCUT2D eigenvalue weighted by molar-refractivity contribution is 0.0697. The molecular formula is C13H16BrNO4S. The smallest absolute Gasteiger partial charge is 0.335 e. The summed E-state index contributed by atoms with van der Waals surface area (Å²) < 4.78 is 27.7. The maximum atomic E-state index is 12.3. The standard InChI is InChI=1S/C13H16BrNO4S/c14-11-7-6-9(13(16)17)8-12(11)15-20(18,19)10-4-2-1-3-5-10/h6-8,10,15H,1-5H2,(H,16,17). The van der Waals surface area contributed by atoms with Crippen LogP contribution in [0.25, 0.3) is 0 Å². The fraction of sp³-hybridized carbons (Fsp3) is 0.462. The maximum absolute atomic E-state index is 12.3. The number of anilines is 1. The summed E-state index contributed by atoms with van der Waals surface area (Å²) in [6, 6.07) is 4.28. The van der Waals surface area contributed by atoms with Gasteiger partial charge in [-0.15, -0.1) is 0 Å². The molecule has 20 heavy (non-hydrogen) atoms. The zero-order chi connectivity index (χ0) is 14.8. The molecule has 1 aromatic rings. The van der Waals surface area contributed by atoms with Crippen molar-refractivity contribution in [2.24, 2.45) is 0 Å². The predicted molar refractivity (Wildman–Crippen MR) is 80.5 cm³/mol. The van der Waals surface area contributed by atoms with Crippen molar-refractivity contribution in [3.8, 4) is 0 Å². The van der Waals surface area contributed by atoms with Gasteiger partial charge in [-0.3, -0.25) is 4.72 Å². The van der Waals surface area contributed by atoms with E-state index in [1.54, 1.807) is 0 Å². The molecule has 0 heterocycles. The summed E-state index contributed by atoms with van der Waals surface area (Å²) in [7, 11) is -3.47. The molecule has 0 spiro atoms. The molecule has 1 aliphatic carbocycles. The van der Waals surface area contributed by atoms with E-state index in [1.807, 2.05) is 0 Å². The number of halogens is 1. The lowest BCUT2D eigenvalue weighted by atomic mass is 10.0. The Hall–Kier alpha value is -1.08. The first-order valence-corrected chi connectivity index (χ1v) is 8.78. The van der Waals surface area contributed by atoms with Crippen LogP contribution in [0.15, 0.2) is 22.7 Å². The van der Waals surface area contributed by atoms with E-state index in [-0.39, 0.29) is 11.3 Å². The van der Waals surface area contributed by atoms with Gasteiger partial charge in [-0.1, -0.05) is 19.3 Å². The first-order chi connectivity index (χ1) is 9.40. The van der Waals surface area contributed by atoms with Crippen LogP contribution in [-0.2, 0) is 10.0 Å².